The fourth-order valence-corrected chi connectivity index (χ4v) is 4.09. The molecule has 4 rings (SSSR count). The van der Waals surface area contributed by atoms with Crippen molar-refractivity contribution < 1.29 is 4.79 Å². The molecular formula is C25H35ClN8O. The summed E-state index contributed by atoms with van der Waals surface area (Å²) in [6.45, 7) is 9.98. The first-order valence-corrected chi connectivity index (χ1v) is 11.9. The number of nitrogens with zero attached hydrogens (tertiary/aromatic N) is 6. The van der Waals surface area contributed by atoms with E-state index >= 15 is 0 Å². The van der Waals surface area contributed by atoms with Crippen LogP contribution in [0.1, 0.15) is 30.2 Å². The van der Waals surface area contributed by atoms with Crippen LogP contribution in [0.5, 0.6) is 0 Å². The van der Waals surface area contributed by atoms with Gasteiger partial charge in [-0.15, -0.1) is 12.4 Å². The fourth-order valence-electron chi connectivity index (χ4n) is 4.09. The Hall–Kier alpha value is -3.17. The molecule has 2 amide bonds. The van der Waals surface area contributed by atoms with Crippen molar-refractivity contribution >= 4 is 24.3 Å². The average Bonchev–Trinajstić information content (AvgIpc) is 3.19. The number of nitrogens with one attached hydrogen (secondary N) is 2. The van der Waals surface area contributed by atoms with Crippen molar-refractivity contribution in [3.8, 4) is 11.3 Å². The van der Waals surface area contributed by atoms with E-state index in [1.807, 2.05) is 37.0 Å². The number of aromatic nitrogens is 4. The van der Waals surface area contributed by atoms with Gasteiger partial charge in [0.2, 0.25) is 0 Å². The highest BCUT2D eigenvalue weighted by atomic mass is 35.5. The Bertz CT molecular complexity index is 1090. The van der Waals surface area contributed by atoms with Gasteiger partial charge in [-0.3, -0.25) is 14.6 Å². The van der Waals surface area contributed by atoms with E-state index in [9.17, 15) is 4.79 Å². The van der Waals surface area contributed by atoms with Gasteiger partial charge in [0, 0.05) is 82.1 Å². The van der Waals surface area contributed by atoms with Crippen LogP contribution in [0.4, 0.5) is 10.6 Å². The van der Waals surface area contributed by atoms with E-state index in [4.69, 9.17) is 0 Å². The summed E-state index contributed by atoms with van der Waals surface area (Å²) in [5.41, 5.74) is 5.46. The normalized spacial score (nSPS) is 13.9. The predicted molar refractivity (Wildman–Crippen MR) is 141 cm³/mol. The molecular weight excluding hydrogens is 464 g/mol. The second-order valence-corrected chi connectivity index (χ2v) is 8.68. The molecule has 1 aromatic carbocycles. The largest absolute Gasteiger partial charge is 0.352 e. The van der Waals surface area contributed by atoms with Crippen LogP contribution in [-0.2, 0) is 20.1 Å². The minimum Gasteiger partial charge on any atom is -0.352 e. The SMILES string of the molecule is CCCNC(=O)NCc1ccc(-c2nccnc2N2CCN(Cc3cnn(C)c3C)CC2)cc1.Cl. The maximum absolute atomic E-state index is 11.8. The summed E-state index contributed by atoms with van der Waals surface area (Å²) in [7, 11) is 1.99. The van der Waals surface area contributed by atoms with Crippen LogP contribution in [0, 0.1) is 6.92 Å². The van der Waals surface area contributed by atoms with Crippen LogP contribution in [0.25, 0.3) is 11.3 Å². The quantitative estimate of drug-likeness (QED) is 0.496. The first kappa shape index (κ1) is 26.4. The van der Waals surface area contributed by atoms with E-state index in [0.29, 0.717) is 13.1 Å². The first-order chi connectivity index (χ1) is 16.5. The highest BCUT2D eigenvalue weighted by Gasteiger charge is 2.22. The van der Waals surface area contributed by atoms with Gasteiger partial charge in [0.15, 0.2) is 5.82 Å². The third-order valence-corrected chi connectivity index (χ3v) is 6.30. The summed E-state index contributed by atoms with van der Waals surface area (Å²) in [4.78, 5) is 25.9. The van der Waals surface area contributed by atoms with Crippen LogP contribution in [0.15, 0.2) is 42.9 Å². The van der Waals surface area contributed by atoms with Crippen molar-refractivity contribution in [2.75, 3.05) is 37.6 Å². The lowest BCUT2D eigenvalue weighted by Crippen LogP contribution is -2.46. The van der Waals surface area contributed by atoms with Gasteiger partial charge >= 0.3 is 6.03 Å². The zero-order valence-electron chi connectivity index (χ0n) is 20.7. The van der Waals surface area contributed by atoms with Gasteiger partial charge in [-0.2, -0.15) is 5.10 Å². The van der Waals surface area contributed by atoms with Crippen LogP contribution in [-0.4, -0.2) is 63.4 Å². The van der Waals surface area contributed by atoms with Crippen molar-refractivity contribution in [1.82, 2.24) is 35.3 Å². The van der Waals surface area contributed by atoms with Crippen molar-refractivity contribution in [3.05, 3.63) is 59.7 Å². The Balaban J connectivity index is 0.00000342. The molecule has 3 aromatic rings. The maximum atomic E-state index is 11.8. The number of hydrogen-bond acceptors (Lipinski definition) is 6. The van der Waals surface area contributed by atoms with Gasteiger partial charge in [0.25, 0.3) is 0 Å². The summed E-state index contributed by atoms with van der Waals surface area (Å²) < 4.78 is 1.93. The van der Waals surface area contributed by atoms with E-state index in [1.165, 1.54) is 11.3 Å². The molecule has 10 heteroatoms. The molecule has 0 saturated carbocycles. The number of hydrogen-bond donors (Lipinski definition) is 2. The van der Waals surface area contributed by atoms with E-state index in [2.05, 4.69) is 54.6 Å². The third-order valence-electron chi connectivity index (χ3n) is 6.30. The number of benzene rings is 1. The van der Waals surface area contributed by atoms with Crippen molar-refractivity contribution in [3.63, 3.8) is 0 Å². The Morgan fingerprint density at radius 3 is 2.40 bits per heavy atom. The zero-order chi connectivity index (χ0) is 23.9. The lowest BCUT2D eigenvalue weighted by molar-refractivity contribution is 0.240. The van der Waals surface area contributed by atoms with E-state index < -0.39 is 0 Å². The molecule has 0 unspecified atom stereocenters. The topological polar surface area (TPSA) is 91.2 Å². The molecule has 0 bridgehead atoms. The number of urea groups is 1. The molecule has 1 saturated heterocycles. The van der Waals surface area contributed by atoms with E-state index in [1.54, 1.807) is 12.4 Å². The zero-order valence-corrected chi connectivity index (χ0v) is 21.5. The average molecular weight is 499 g/mol. The molecule has 0 radical (unpaired) electrons. The van der Waals surface area contributed by atoms with Crippen molar-refractivity contribution in [2.24, 2.45) is 7.05 Å². The molecule has 2 N–H and O–H groups in total. The molecule has 2 aromatic heterocycles. The predicted octanol–water partition coefficient (Wildman–Crippen LogP) is 3.14. The smallest absolute Gasteiger partial charge is 0.315 e. The molecule has 3 heterocycles. The summed E-state index contributed by atoms with van der Waals surface area (Å²) in [5, 5.41) is 10.1. The van der Waals surface area contributed by atoms with Gasteiger partial charge < -0.3 is 15.5 Å². The van der Waals surface area contributed by atoms with Crippen molar-refractivity contribution in [1.29, 1.82) is 0 Å². The summed E-state index contributed by atoms with van der Waals surface area (Å²) >= 11 is 0. The van der Waals surface area contributed by atoms with Gasteiger partial charge in [0.1, 0.15) is 5.69 Å². The lowest BCUT2D eigenvalue weighted by Gasteiger charge is -2.35. The van der Waals surface area contributed by atoms with Gasteiger partial charge in [0.05, 0.1) is 6.20 Å². The number of amides is 2. The van der Waals surface area contributed by atoms with E-state index in [0.717, 1.165) is 61.8 Å². The number of aryl methyl sites for hydroxylation is 1. The summed E-state index contributed by atoms with van der Waals surface area (Å²) in [6, 6.07) is 8.02. The molecule has 1 aliphatic rings. The molecule has 0 spiro atoms. The Labute approximate surface area is 213 Å². The number of halogens is 1. The van der Waals surface area contributed by atoms with Crippen LogP contribution in [0.2, 0.25) is 0 Å². The lowest BCUT2D eigenvalue weighted by atomic mass is 10.1. The Morgan fingerprint density at radius 2 is 1.74 bits per heavy atom. The van der Waals surface area contributed by atoms with Crippen LogP contribution >= 0.6 is 12.4 Å². The molecule has 35 heavy (non-hydrogen) atoms. The molecule has 9 nitrogen and oxygen atoms in total. The highest BCUT2D eigenvalue weighted by molar-refractivity contribution is 5.85. The van der Waals surface area contributed by atoms with Crippen LogP contribution in [0.3, 0.4) is 0 Å². The standard InChI is InChI=1S/C25H34N8O.ClH/c1-4-9-28-25(34)29-16-20-5-7-21(8-6-20)23-24(27-11-10-26-23)33-14-12-32(13-15-33)18-22-17-30-31(3)19(22)2;/h5-8,10-11,17H,4,9,12-16,18H2,1-3H3,(H2,28,29,34);1H. The molecule has 1 fully saturated rings. The fraction of sp³-hybridized carbons (Fsp3) is 0.440. The number of carbonyl (C=O) groups excluding carboxylic acids is 1. The minimum absolute atomic E-state index is 0. The van der Waals surface area contributed by atoms with Gasteiger partial charge in [-0.25, -0.2) is 9.78 Å². The second kappa shape index (κ2) is 12.5. The number of rotatable bonds is 8. The molecule has 188 valence electrons. The minimum atomic E-state index is -0.139. The number of carbonyl (C=O) groups is 1. The Morgan fingerprint density at radius 1 is 1.03 bits per heavy atom. The number of anilines is 1. The summed E-state index contributed by atoms with van der Waals surface area (Å²) in [6.07, 6.45) is 6.40. The van der Waals surface area contributed by atoms with Crippen molar-refractivity contribution in [2.45, 2.75) is 33.4 Å². The van der Waals surface area contributed by atoms with Gasteiger partial charge in [-0.05, 0) is 18.9 Å². The van der Waals surface area contributed by atoms with Crippen LogP contribution < -0.4 is 15.5 Å². The third kappa shape index (κ3) is 6.70. The van der Waals surface area contributed by atoms with E-state index in [-0.39, 0.29) is 18.4 Å². The first-order valence-electron chi connectivity index (χ1n) is 11.9. The highest BCUT2D eigenvalue weighted by Crippen LogP contribution is 2.28. The maximum Gasteiger partial charge on any atom is 0.315 e. The second-order valence-electron chi connectivity index (χ2n) is 8.68. The molecule has 0 atom stereocenters. The summed E-state index contributed by atoms with van der Waals surface area (Å²) in [5.74, 6) is 0.921. The van der Waals surface area contributed by atoms with Gasteiger partial charge in [-0.1, -0.05) is 31.2 Å². The number of piperazine rings is 1. The monoisotopic (exact) mass is 498 g/mol. The Kier molecular flexibility index (Phi) is 9.45. The molecule has 1 aliphatic heterocycles. The molecule has 0 aliphatic carbocycles.